The first-order valence-corrected chi connectivity index (χ1v) is 7.85. The third-order valence-electron chi connectivity index (χ3n) is 3.14. The lowest BCUT2D eigenvalue weighted by Gasteiger charge is -2.02. The quantitative estimate of drug-likeness (QED) is 0.788. The lowest BCUT2D eigenvalue weighted by atomic mass is 10.2. The first-order valence-electron chi connectivity index (χ1n) is 6.98. The van der Waals surface area contributed by atoms with Crippen LogP contribution in [-0.4, -0.2) is 15.9 Å². The smallest absolute Gasteiger partial charge is 0.271 e. The molecule has 2 aromatic heterocycles. The van der Waals surface area contributed by atoms with Crippen molar-refractivity contribution in [2.24, 2.45) is 0 Å². The van der Waals surface area contributed by atoms with Crippen molar-refractivity contribution in [2.75, 3.05) is 0 Å². The molecular weight excluding hydrogens is 294 g/mol. The van der Waals surface area contributed by atoms with Crippen molar-refractivity contribution in [3.05, 3.63) is 82.1 Å². The molecule has 0 aliphatic rings. The van der Waals surface area contributed by atoms with Crippen molar-refractivity contribution in [3.63, 3.8) is 0 Å². The van der Waals surface area contributed by atoms with Crippen molar-refractivity contribution in [3.8, 4) is 0 Å². The Morgan fingerprint density at radius 1 is 1.09 bits per heavy atom. The average Bonchev–Trinajstić information content (AvgIpc) is 3.03. The van der Waals surface area contributed by atoms with E-state index in [9.17, 15) is 4.79 Å². The zero-order chi connectivity index (χ0) is 15.2. The maximum atomic E-state index is 12.1. The minimum Gasteiger partial charge on any atom is -0.345 e. The van der Waals surface area contributed by atoms with Crippen LogP contribution in [0.3, 0.4) is 0 Å². The molecule has 0 unspecified atom stereocenters. The highest BCUT2D eigenvalue weighted by Gasteiger charge is 2.11. The van der Waals surface area contributed by atoms with E-state index < -0.39 is 0 Å². The number of nitrogens with zero attached hydrogens (tertiary/aromatic N) is 2. The Labute approximate surface area is 132 Å². The Balaban J connectivity index is 1.60. The van der Waals surface area contributed by atoms with Gasteiger partial charge in [0, 0.05) is 18.0 Å². The first kappa shape index (κ1) is 14.4. The normalized spacial score (nSPS) is 10.4. The van der Waals surface area contributed by atoms with Crippen LogP contribution in [0.4, 0.5) is 0 Å². The lowest BCUT2D eigenvalue weighted by Crippen LogP contribution is -2.23. The minimum atomic E-state index is -0.166. The minimum absolute atomic E-state index is 0.166. The van der Waals surface area contributed by atoms with E-state index in [0.29, 0.717) is 12.2 Å². The number of rotatable bonds is 5. The highest BCUT2D eigenvalue weighted by atomic mass is 32.1. The molecule has 3 aromatic rings. The van der Waals surface area contributed by atoms with Gasteiger partial charge in [0.05, 0.1) is 17.2 Å². The molecule has 0 saturated heterocycles. The van der Waals surface area contributed by atoms with Gasteiger partial charge in [0.2, 0.25) is 0 Å². The molecule has 22 heavy (non-hydrogen) atoms. The SMILES string of the molecule is O=C(NCc1ccccn1)c1csc(Cc2ccccc2)n1. The summed E-state index contributed by atoms with van der Waals surface area (Å²) in [5, 5.41) is 5.57. The number of amides is 1. The fraction of sp³-hybridized carbons (Fsp3) is 0.118. The zero-order valence-corrected chi connectivity index (χ0v) is 12.7. The van der Waals surface area contributed by atoms with Gasteiger partial charge >= 0.3 is 0 Å². The van der Waals surface area contributed by atoms with Gasteiger partial charge in [-0.2, -0.15) is 0 Å². The van der Waals surface area contributed by atoms with Crippen molar-refractivity contribution < 1.29 is 4.79 Å². The monoisotopic (exact) mass is 309 g/mol. The lowest BCUT2D eigenvalue weighted by molar-refractivity contribution is 0.0946. The van der Waals surface area contributed by atoms with Crippen LogP contribution >= 0.6 is 11.3 Å². The van der Waals surface area contributed by atoms with E-state index in [1.54, 1.807) is 11.6 Å². The molecule has 4 nitrogen and oxygen atoms in total. The van der Waals surface area contributed by atoms with Gasteiger partial charge in [0.1, 0.15) is 5.69 Å². The number of carbonyl (C=O) groups excluding carboxylic acids is 1. The van der Waals surface area contributed by atoms with E-state index in [1.165, 1.54) is 16.9 Å². The molecule has 0 atom stereocenters. The Morgan fingerprint density at radius 3 is 2.68 bits per heavy atom. The van der Waals surface area contributed by atoms with Gasteiger partial charge in [0.25, 0.3) is 5.91 Å². The molecule has 3 rings (SSSR count). The van der Waals surface area contributed by atoms with E-state index in [0.717, 1.165) is 17.1 Å². The van der Waals surface area contributed by atoms with Crippen molar-refractivity contribution in [2.45, 2.75) is 13.0 Å². The summed E-state index contributed by atoms with van der Waals surface area (Å²) in [6.07, 6.45) is 2.46. The second kappa shape index (κ2) is 6.95. The van der Waals surface area contributed by atoms with Gasteiger partial charge in [-0.25, -0.2) is 4.98 Å². The summed E-state index contributed by atoms with van der Waals surface area (Å²) in [5.74, 6) is -0.166. The van der Waals surface area contributed by atoms with Crippen LogP contribution in [0.5, 0.6) is 0 Å². The molecule has 1 N–H and O–H groups in total. The molecular formula is C17H15N3OS. The third kappa shape index (κ3) is 3.77. The van der Waals surface area contributed by atoms with Crippen LogP contribution in [0.25, 0.3) is 0 Å². The third-order valence-corrected chi connectivity index (χ3v) is 3.99. The maximum absolute atomic E-state index is 12.1. The standard InChI is InChI=1S/C17H15N3OS/c21-17(19-11-14-8-4-5-9-18-14)15-12-22-16(20-15)10-13-6-2-1-3-7-13/h1-9,12H,10-11H2,(H,19,21). The van der Waals surface area contributed by atoms with E-state index in [1.807, 2.05) is 36.4 Å². The summed E-state index contributed by atoms with van der Waals surface area (Å²) in [5.41, 5.74) is 2.49. The van der Waals surface area contributed by atoms with E-state index in [-0.39, 0.29) is 5.91 Å². The van der Waals surface area contributed by atoms with Gasteiger partial charge in [-0.05, 0) is 17.7 Å². The molecule has 1 amide bonds. The molecule has 0 bridgehead atoms. The number of aromatic nitrogens is 2. The number of hydrogen-bond donors (Lipinski definition) is 1. The highest BCUT2D eigenvalue weighted by molar-refractivity contribution is 7.09. The van der Waals surface area contributed by atoms with E-state index in [4.69, 9.17) is 0 Å². The van der Waals surface area contributed by atoms with Gasteiger partial charge in [-0.15, -0.1) is 11.3 Å². The summed E-state index contributed by atoms with van der Waals surface area (Å²) < 4.78 is 0. The van der Waals surface area contributed by atoms with Crippen LogP contribution in [-0.2, 0) is 13.0 Å². The van der Waals surface area contributed by atoms with E-state index >= 15 is 0 Å². The summed E-state index contributed by atoms with van der Waals surface area (Å²) in [6.45, 7) is 0.408. The molecule has 0 saturated carbocycles. The summed E-state index contributed by atoms with van der Waals surface area (Å²) in [7, 11) is 0. The Hall–Kier alpha value is -2.53. The van der Waals surface area contributed by atoms with Crippen molar-refractivity contribution in [1.82, 2.24) is 15.3 Å². The fourth-order valence-corrected chi connectivity index (χ4v) is 2.84. The second-order valence-corrected chi connectivity index (χ2v) is 5.74. The van der Waals surface area contributed by atoms with Gasteiger partial charge < -0.3 is 5.32 Å². The van der Waals surface area contributed by atoms with Gasteiger partial charge in [0.15, 0.2) is 0 Å². The van der Waals surface area contributed by atoms with Crippen LogP contribution < -0.4 is 5.32 Å². The van der Waals surface area contributed by atoms with Crippen LogP contribution in [0.15, 0.2) is 60.1 Å². The molecule has 110 valence electrons. The number of pyridine rings is 1. The van der Waals surface area contributed by atoms with Gasteiger partial charge in [-0.3, -0.25) is 9.78 Å². The first-order chi connectivity index (χ1) is 10.8. The second-order valence-electron chi connectivity index (χ2n) is 4.79. The summed E-state index contributed by atoms with van der Waals surface area (Å²) in [4.78, 5) is 20.7. The molecule has 0 fully saturated rings. The molecule has 2 heterocycles. The fourth-order valence-electron chi connectivity index (χ4n) is 2.03. The van der Waals surface area contributed by atoms with Crippen molar-refractivity contribution in [1.29, 1.82) is 0 Å². The van der Waals surface area contributed by atoms with Crippen LogP contribution in [0, 0.1) is 0 Å². The van der Waals surface area contributed by atoms with Crippen LogP contribution in [0.2, 0.25) is 0 Å². The average molecular weight is 309 g/mol. The van der Waals surface area contributed by atoms with Gasteiger partial charge in [-0.1, -0.05) is 36.4 Å². The zero-order valence-electron chi connectivity index (χ0n) is 11.9. The topological polar surface area (TPSA) is 54.9 Å². The number of hydrogen-bond acceptors (Lipinski definition) is 4. The molecule has 1 aromatic carbocycles. The molecule has 0 spiro atoms. The van der Waals surface area contributed by atoms with E-state index in [2.05, 4.69) is 27.4 Å². The molecule has 0 aliphatic carbocycles. The molecule has 5 heteroatoms. The predicted octanol–water partition coefficient (Wildman–Crippen LogP) is 3.06. The van der Waals surface area contributed by atoms with Crippen LogP contribution in [0.1, 0.15) is 26.8 Å². The molecule has 0 radical (unpaired) electrons. The Kier molecular flexibility index (Phi) is 4.56. The Morgan fingerprint density at radius 2 is 1.91 bits per heavy atom. The summed E-state index contributed by atoms with van der Waals surface area (Å²) >= 11 is 1.51. The largest absolute Gasteiger partial charge is 0.345 e. The predicted molar refractivity (Wildman–Crippen MR) is 86.8 cm³/mol. The highest BCUT2D eigenvalue weighted by Crippen LogP contribution is 2.14. The number of nitrogens with one attached hydrogen (secondary N) is 1. The molecule has 0 aliphatic heterocycles. The van der Waals surface area contributed by atoms with Crippen molar-refractivity contribution >= 4 is 17.2 Å². The summed E-state index contributed by atoms with van der Waals surface area (Å²) in [6, 6.07) is 15.7. The Bertz CT molecular complexity index is 741. The number of carbonyl (C=O) groups is 1. The maximum Gasteiger partial charge on any atom is 0.271 e. The number of thiazole rings is 1. The number of benzene rings is 1.